The van der Waals surface area contributed by atoms with Gasteiger partial charge in [-0.25, -0.2) is 9.38 Å². The van der Waals surface area contributed by atoms with Crippen molar-refractivity contribution in [2.45, 2.75) is 45.7 Å². The lowest BCUT2D eigenvalue weighted by Gasteiger charge is -2.32. The van der Waals surface area contributed by atoms with Crippen LogP contribution in [-0.2, 0) is 11.3 Å². The van der Waals surface area contributed by atoms with Crippen molar-refractivity contribution < 1.29 is 9.13 Å². The zero-order valence-electron chi connectivity index (χ0n) is 18.3. The SMILES string of the molecule is CCCN1CCC(NC(=NCc2ccc(N3CCOCC3)c(F)c2)NCC)CC1.I. The number of aliphatic imine (C=N–C) groups is 1. The molecule has 0 unspecified atom stereocenters. The first-order valence-corrected chi connectivity index (χ1v) is 11.1. The molecule has 2 aliphatic heterocycles. The lowest BCUT2D eigenvalue weighted by molar-refractivity contribution is 0.122. The second-order valence-corrected chi connectivity index (χ2v) is 7.84. The zero-order valence-corrected chi connectivity index (χ0v) is 20.7. The molecule has 30 heavy (non-hydrogen) atoms. The molecule has 0 aromatic heterocycles. The highest BCUT2D eigenvalue weighted by atomic mass is 127. The van der Waals surface area contributed by atoms with Gasteiger partial charge < -0.3 is 25.2 Å². The predicted octanol–water partition coefficient (Wildman–Crippen LogP) is 3.21. The molecule has 2 heterocycles. The van der Waals surface area contributed by atoms with Gasteiger partial charge in [0.25, 0.3) is 0 Å². The van der Waals surface area contributed by atoms with Crippen LogP contribution in [0.1, 0.15) is 38.7 Å². The maximum absolute atomic E-state index is 14.6. The lowest BCUT2D eigenvalue weighted by Crippen LogP contribution is -2.48. The number of guanidine groups is 1. The van der Waals surface area contributed by atoms with Crippen molar-refractivity contribution in [2.75, 3.05) is 57.4 Å². The molecule has 170 valence electrons. The Morgan fingerprint density at radius 3 is 2.53 bits per heavy atom. The lowest BCUT2D eigenvalue weighted by atomic mass is 10.1. The Morgan fingerprint density at radius 2 is 1.90 bits per heavy atom. The van der Waals surface area contributed by atoms with Crippen molar-refractivity contribution >= 4 is 35.6 Å². The smallest absolute Gasteiger partial charge is 0.191 e. The highest BCUT2D eigenvalue weighted by Gasteiger charge is 2.19. The van der Waals surface area contributed by atoms with Crippen molar-refractivity contribution in [1.82, 2.24) is 15.5 Å². The number of piperidine rings is 1. The Hall–Kier alpha value is -1.13. The molecular formula is C22H37FIN5O. The minimum Gasteiger partial charge on any atom is -0.378 e. The molecule has 0 amide bonds. The number of rotatable bonds is 7. The van der Waals surface area contributed by atoms with Gasteiger partial charge in [0.05, 0.1) is 25.4 Å². The van der Waals surface area contributed by atoms with Crippen LogP contribution in [0.25, 0.3) is 0 Å². The Balaban J connectivity index is 0.00000320. The third-order valence-corrected chi connectivity index (χ3v) is 5.60. The Kier molecular flexibility index (Phi) is 11.2. The van der Waals surface area contributed by atoms with Crippen molar-refractivity contribution in [2.24, 2.45) is 4.99 Å². The molecule has 1 aromatic rings. The number of halogens is 2. The van der Waals surface area contributed by atoms with E-state index in [-0.39, 0.29) is 29.8 Å². The molecule has 2 N–H and O–H groups in total. The van der Waals surface area contributed by atoms with Gasteiger partial charge in [0.1, 0.15) is 5.82 Å². The van der Waals surface area contributed by atoms with Gasteiger partial charge in [-0.2, -0.15) is 0 Å². The summed E-state index contributed by atoms with van der Waals surface area (Å²) in [6, 6.07) is 5.90. The maximum atomic E-state index is 14.6. The van der Waals surface area contributed by atoms with Gasteiger partial charge >= 0.3 is 0 Å². The fourth-order valence-corrected chi connectivity index (χ4v) is 4.01. The van der Waals surface area contributed by atoms with Crippen molar-refractivity contribution in [3.8, 4) is 0 Å². The van der Waals surface area contributed by atoms with E-state index in [0.717, 1.165) is 57.1 Å². The van der Waals surface area contributed by atoms with Gasteiger partial charge in [-0.05, 0) is 50.4 Å². The number of anilines is 1. The van der Waals surface area contributed by atoms with E-state index in [1.807, 2.05) is 17.0 Å². The zero-order chi connectivity index (χ0) is 20.5. The predicted molar refractivity (Wildman–Crippen MR) is 133 cm³/mol. The second-order valence-electron chi connectivity index (χ2n) is 7.84. The van der Waals surface area contributed by atoms with E-state index >= 15 is 0 Å². The third-order valence-electron chi connectivity index (χ3n) is 5.60. The van der Waals surface area contributed by atoms with Crippen LogP contribution in [0.5, 0.6) is 0 Å². The highest BCUT2D eigenvalue weighted by molar-refractivity contribution is 14.0. The molecule has 0 aliphatic carbocycles. The summed E-state index contributed by atoms with van der Waals surface area (Å²) < 4.78 is 20.0. The number of likely N-dealkylation sites (tertiary alicyclic amines) is 1. The average Bonchev–Trinajstić information content (AvgIpc) is 2.74. The maximum Gasteiger partial charge on any atom is 0.191 e. The first-order chi connectivity index (χ1) is 14.2. The van der Waals surface area contributed by atoms with Gasteiger partial charge in [0.15, 0.2) is 5.96 Å². The summed E-state index contributed by atoms with van der Waals surface area (Å²) in [5.74, 6) is 0.639. The van der Waals surface area contributed by atoms with Crippen LogP contribution in [0.4, 0.5) is 10.1 Å². The Morgan fingerprint density at radius 1 is 1.17 bits per heavy atom. The number of morpholine rings is 1. The number of nitrogens with zero attached hydrogens (tertiary/aromatic N) is 3. The second kappa shape index (κ2) is 13.3. The van der Waals surface area contributed by atoms with Gasteiger partial charge in [-0.15, -0.1) is 24.0 Å². The summed E-state index contributed by atoms with van der Waals surface area (Å²) in [7, 11) is 0. The molecule has 2 fully saturated rings. The van der Waals surface area contributed by atoms with E-state index in [1.165, 1.54) is 13.0 Å². The number of nitrogens with one attached hydrogen (secondary N) is 2. The topological polar surface area (TPSA) is 52.1 Å². The third kappa shape index (κ3) is 7.53. The minimum atomic E-state index is -0.180. The van der Waals surface area contributed by atoms with Crippen molar-refractivity contribution in [3.05, 3.63) is 29.6 Å². The van der Waals surface area contributed by atoms with Crippen LogP contribution in [0, 0.1) is 5.82 Å². The number of hydrogen-bond donors (Lipinski definition) is 2. The largest absolute Gasteiger partial charge is 0.378 e. The van der Waals surface area contributed by atoms with Crippen LogP contribution in [0.3, 0.4) is 0 Å². The standard InChI is InChI=1S/C22H36FN5O.HI/c1-3-9-27-10-7-19(8-11-27)26-22(24-4-2)25-17-18-5-6-21(20(23)16-18)28-12-14-29-15-13-28;/h5-6,16,19H,3-4,7-15,17H2,1-2H3,(H2,24,25,26);1H. The van der Waals surface area contributed by atoms with E-state index < -0.39 is 0 Å². The number of benzene rings is 1. The molecule has 2 aliphatic rings. The Labute approximate surface area is 197 Å². The first-order valence-electron chi connectivity index (χ1n) is 11.1. The number of hydrogen-bond acceptors (Lipinski definition) is 4. The minimum absolute atomic E-state index is 0. The normalized spacial score (nSPS) is 18.8. The molecule has 0 spiro atoms. The van der Waals surface area contributed by atoms with E-state index in [1.54, 1.807) is 6.07 Å². The van der Waals surface area contributed by atoms with Crippen molar-refractivity contribution in [3.63, 3.8) is 0 Å². The molecule has 1 aromatic carbocycles. The van der Waals surface area contributed by atoms with Crippen LogP contribution in [0.2, 0.25) is 0 Å². The van der Waals surface area contributed by atoms with E-state index in [2.05, 4.69) is 29.4 Å². The molecule has 2 saturated heterocycles. The fraction of sp³-hybridized carbons (Fsp3) is 0.682. The molecule has 3 rings (SSSR count). The quantitative estimate of drug-likeness (QED) is 0.321. The fourth-order valence-electron chi connectivity index (χ4n) is 4.01. The summed E-state index contributed by atoms with van der Waals surface area (Å²) in [5.41, 5.74) is 1.54. The van der Waals surface area contributed by atoms with E-state index in [9.17, 15) is 4.39 Å². The molecule has 0 atom stereocenters. The number of ether oxygens (including phenoxy) is 1. The first kappa shape index (κ1) is 25.1. The molecular weight excluding hydrogens is 496 g/mol. The average molecular weight is 533 g/mol. The summed E-state index contributed by atoms with van der Waals surface area (Å²) in [6.07, 6.45) is 3.48. The van der Waals surface area contributed by atoms with Gasteiger partial charge in [-0.3, -0.25) is 0 Å². The molecule has 0 radical (unpaired) electrons. The molecule has 6 nitrogen and oxygen atoms in total. The summed E-state index contributed by atoms with van der Waals surface area (Å²) >= 11 is 0. The summed E-state index contributed by atoms with van der Waals surface area (Å²) in [6.45, 7) is 11.8. The van der Waals surface area contributed by atoms with Crippen LogP contribution in [0.15, 0.2) is 23.2 Å². The molecule has 8 heteroatoms. The van der Waals surface area contributed by atoms with Crippen LogP contribution >= 0.6 is 24.0 Å². The van der Waals surface area contributed by atoms with Gasteiger partial charge in [0, 0.05) is 38.8 Å². The highest BCUT2D eigenvalue weighted by Crippen LogP contribution is 2.22. The van der Waals surface area contributed by atoms with Crippen LogP contribution < -0.4 is 15.5 Å². The summed E-state index contributed by atoms with van der Waals surface area (Å²) in [4.78, 5) is 9.27. The molecule has 0 saturated carbocycles. The Bertz CT molecular complexity index is 661. The van der Waals surface area contributed by atoms with E-state index in [4.69, 9.17) is 9.73 Å². The molecule has 0 bridgehead atoms. The van der Waals surface area contributed by atoms with Gasteiger partial charge in [0.2, 0.25) is 0 Å². The summed E-state index contributed by atoms with van der Waals surface area (Å²) in [5, 5.41) is 6.89. The van der Waals surface area contributed by atoms with E-state index in [0.29, 0.717) is 31.5 Å². The van der Waals surface area contributed by atoms with Gasteiger partial charge in [-0.1, -0.05) is 13.0 Å². The van der Waals surface area contributed by atoms with Crippen molar-refractivity contribution in [1.29, 1.82) is 0 Å². The van der Waals surface area contributed by atoms with Crippen LogP contribution in [-0.4, -0.2) is 69.4 Å². The monoisotopic (exact) mass is 533 g/mol.